The zero-order chi connectivity index (χ0) is 17.6. The maximum atomic E-state index is 12.8. The fraction of sp³-hybridized carbons (Fsp3) is 0.474. The number of thiophene rings is 2. The van der Waals surface area contributed by atoms with Crippen molar-refractivity contribution in [3.05, 3.63) is 49.0 Å². The van der Waals surface area contributed by atoms with Crippen molar-refractivity contribution in [2.75, 3.05) is 7.05 Å². The van der Waals surface area contributed by atoms with E-state index in [4.69, 9.17) is 4.98 Å². The zero-order valence-electron chi connectivity index (χ0n) is 14.9. The summed E-state index contributed by atoms with van der Waals surface area (Å²) in [5.74, 6) is 1.51. The van der Waals surface area contributed by atoms with Gasteiger partial charge in [-0.2, -0.15) is 0 Å². The topological polar surface area (TPSA) is 50.2 Å². The summed E-state index contributed by atoms with van der Waals surface area (Å²) in [4.78, 5) is 25.7. The van der Waals surface area contributed by atoms with Crippen molar-refractivity contribution in [3.8, 4) is 0 Å². The minimum atomic E-state index is 0.0443. The molecule has 0 aromatic carbocycles. The molecule has 0 bridgehead atoms. The molecule has 0 aliphatic heterocycles. The molecule has 4 rings (SSSR count). The van der Waals surface area contributed by atoms with Crippen molar-refractivity contribution in [1.29, 1.82) is 0 Å². The van der Waals surface area contributed by atoms with Crippen LogP contribution in [0.15, 0.2) is 22.3 Å². The van der Waals surface area contributed by atoms with Crippen LogP contribution in [0.2, 0.25) is 0 Å². The number of aryl methyl sites for hydroxylation is 1. The summed E-state index contributed by atoms with van der Waals surface area (Å²) in [6.07, 6.45) is 3.27. The lowest BCUT2D eigenvalue weighted by atomic mass is 9.89. The number of hydrogen-bond donors (Lipinski definition) is 2. The van der Waals surface area contributed by atoms with Crippen molar-refractivity contribution in [3.63, 3.8) is 0 Å². The molecule has 1 unspecified atom stereocenters. The average Bonchev–Trinajstić information content (AvgIpc) is 3.20. The van der Waals surface area contributed by atoms with Gasteiger partial charge in [-0.3, -0.25) is 4.79 Å². The highest BCUT2D eigenvalue weighted by Crippen LogP contribution is 2.35. The Morgan fingerprint density at radius 3 is 3.08 bits per heavy atom. The first-order valence-corrected chi connectivity index (χ1v) is 10.6. The van der Waals surface area contributed by atoms with E-state index in [0.29, 0.717) is 5.92 Å². The van der Waals surface area contributed by atoms with Crippen molar-refractivity contribution in [1.82, 2.24) is 9.97 Å². The van der Waals surface area contributed by atoms with Gasteiger partial charge >= 0.3 is 0 Å². The molecule has 0 saturated carbocycles. The smallest absolute Gasteiger partial charge is 0.260 e. The maximum absolute atomic E-state index is 12.8. The Bertz CT molecular complexity index is 942. The highest BCUT2D eigenvalue weighted by molar-refractivity contribution is 7.18. The lowest BCUT2D eigenvalue weighted by Crippen LogP contribution is -3.07. The fourth-order valence-corrected chi connectivity index (χ4v) is 5.84. The first-order chi connectivity index (χ1) is 12.0. The van der Waals surface area contributed by atoms with Gasteiger partial charge in [-0.25, -0.2) is 4.98 Å². The van der Waals surface area contributed by atoms with E-state index in [9.17, 15) is 4.79 Å². The maximum Gasteiger partial charge on any atom is 0.260 e. The molecule has 0 saturated heterocycles. The molecule has 2 N–H and O–H groups in total. The van der Waals surface area contributed by atoms with E-state index in [1.807, 2.05) is 0 Å². The Kier molecular flexibility index (Phi) is 4.52. The van der Waals surface area contributed by atoms with Gasteiger partial charge in [0.15, 0.2) is 5.82 Å². The third-order valence-electron chi connectivity index (χ3n) is 5.37. The summed E-state index contributed by atoms with van der Waals surface area (Å²) in [6.45, 7) is 5.38. The van der Waals surface area contributed by atoms with Gasteiger partial charge in [-0.05, 0) is 49.1 Å². The number of nitrogens with one attached hydrogen (secondary N) is 2. The molecule has 3 atom stereocenters. The average molecular weight is 375 g/mol. The van der Waals surface area contributed by atoms with Crippen LogP contribution >= 0.6 is 22.7 Å². The lowest BCUT2D eigenvalue weighted by molar-refractivity contribution is -0.924. The minimum Gasteiger partial charge on any atom is -0.324 e. The number of fused-ring (bicyclic) bond motifs is 3. The molecule has 1 aliphatic rings. The molecular weight excluding hydrogens is 350 g/mol. The summed E-state index contributed by atoms with van der Waals surface area (Å²) in [6, 6.07) is 4.40. The van der Waals surface area contributed by atoms with Crippen LogP contribution in [0.3, 0.4) is 0 Å². The molecule has 4 nitrogen and oxygen atoms in total. The van der Waals surface area contributed by atoms with Crippen LogP contribution in [0.4, 0.5) is 0 Å². The number of rotatable bonds is 4. The Morgan fingerprint density at radius 2 is 2.32 bits per heavy atom. The zero-order valence-corrected chi connectivity index (χ0v) is 16.5. The standard InChI is InChI=1S/C19H23N3OS2/c1-11-6-7-14-15(9-11)25-19-16(14)18(23)20-17(21-19)12(2)22(3)10-13-5-4-8-24-13/h4-5,8,11-12H,6-7,9-10H2,1-3H3,(H,20,21,23)/p+1/t11-,12+/m0/s1. The van der Waals surface area contributed by atoms with E-state index in [0.717, 1.165) is 35.4 Å². The van der Waals surface area contributed by atoms with Crippen LogP contribution in [-0.4, -0.2) is 17.0 Å². The van der Waals surface area contributed by atoms with E-state index in [1.165, 1.54) is 26.6 Å². The molecule has 0 radical (unpaired) electrons. The van der Waals surface area contributed by atoms with Crippen LogP contribution in [-0.2, 0) is 19.4 Å². The Morgan fingerprint density at radius 1 is 1.48 bits per heavy atom. The third-order valence-corrected chi connectivity index (χ3v) is 7.39. The second-order valence-electron chi connectivity index (χ2n) is 7.31. The summed E-state index contributed by atoms with van der Waals surface area (Å²) in [5.41, 5.74) is 1.30. The van der Waals surface area contributed by atoms with Gasteiger partial charge in [0, 0.05) is 4.88 Å². The summed E-state index contributed by atoms with van der Waals surface area (Å²) in [5, 5.41) is 2.95. The van der Waals surface area contributed by atoms with Crippen molar-refractivity contribution < 1.29 is 4.90 Å². The minimum absolute atomic E-state index is 0.0443. The van der Waals surface area contributed by atoms with E-state index in [2.05, 4.69) is 43.4 Å². The summed E-state index contributed by atoms with van der Waals surface area (Å²) < 4.78 is 0. The highest BCUT2D eigenvalue weighted by atomic mass is 32.1. The SMILES string of the molecule is C[C@H]1CCc2c(sc3nc([C@@H](C)[NH+](C)Cc4cccs4)[nH]c(=O)c23)C1. The number of hydrogen-bond acceptors (Lipinski definition) is 4. The largest absolute Gasteiger partial charge is 0.324 e. The van der Waals surface area contributed by atoms with Crippen LogP contribution in [0.25, 0.3) is 10.2 Å². The van der Waals surface area contributed by atoms with Crippen molar-refractivity contribution in [2.24, 2.45) is 5.92 Å². The first kappa shape index (κ1) is 16.9. The van der Waals surface area contributed by atoms with E-state index in [1.54, 1.807) is 22.7 Å². The van der Waals surface area contributed by atoms with Crippen LogP contribution in [0.5, 0.6) is 0 Å². The number of aromatic amines is 1. The molecule has 3 heterocycles. The third kappa shape index (κ3) is 3.18. The van der Waals surface area contributed by atoms with Gasteiger partial charge in [0.1, 0.15) is 17.4 Å². The van der Waals surface area contributed by atoms with E-state index in [-0.39, 0.29) is 11.6 Å². The van der Waals surface area contributed by atoms with E-state index < -0.39 is 0 Å². The number of aromatic nitrogens is 2. The van der Waals surface area contributed by atoms with Gasteiger partial charge in [0.25, 0.3) is 5.56 Å². The molecule has 1 aliphatic carbocycles. The Hall–Kier alpha value is -1.50. The molecule has 0 amide bonds. The summed E-state index contributed by atoms with van der Waals surface area (Å²) in [7, 11) is 2.16. The Balaban J connectivity index is 1.67. The predicted octanol–water partition coefficient (Wildman–Crippen LogP) is 2.95. The van der Waals surface area contributed by atoms with Gasteiger partial charge in [0.2, 0.25) is 0 Å². The second-order valence-corrected chi connectivity index (χ2v) is 9.42. The van der Waals surface area contributed by atoms with Crippen LogP contribution < -0.4 is 10.5 Å². The molecule has 3 aromatic rings. The monoisotopic (exact) mass is 374 g/mol. The predicted molar refractivity (Wildman–Crippen MR) is 105 cm³/mol. The van der Waals surface area contributed by atoms with Crippen LogP contribution in [0, 0.1) is 5.92 Å². The molecule has 3 aromatic heterocycles. The number of nitrogens with zero attached hydrogens (tertiary/aromatic N) is 1. The number of H-pyrrole nitrogens is 1. The number of quaternary nitrogens is 1. The quantitative estimate of drug-likeness (QED) is 0.738. The highest BCUT2D eigenvalue weighted by Gasteiger charge is 2.25. The van der Waals surface area contributed by atoms with Gasteiger partial charge in [0.05, 0.1) is 17.3 Å². The molecule has 132 valence electrons. The molecular formula is C19H24N3OS2+. The molecule has 0 fully saturated rings. The van der Waals surface area contributed by atoms with Crippen molar-refractivity contribution in [2.45, 2.75) is 45.7 Å². The van der Waals surface area contributed by atoms with Crippen molar-refractivity contribution >= 4 is 32.9 Å². The summed E-state index contributed by atoms with van der Waals surface area (Å²) >= 11 is 3.50. The molecule has 25 heavy (non-hydrogen) atoms. The Labute approximate surface area is 155 Å². The lowest BCUT2D eigenvalue weighted by Gasteiger charge is -2.20. The molecule has 6 heteroatoms. The normalized spacial score (nSPS) is 19.7. The fourth-order valence-electron chi connectivity index (χ4n) is 3.65. The second kappa shape index (κ2) is 6.67. The van der Waals surface area contributed by atoms with Gasteiger partial charge in [-0.1, -0.05) is 13.0 Å². The van der Waals surface area contributed by atoms with Crippen LogP contribution in [0.1, 0.15) is 47.5 Å². The first-order valence-electron chi connectivity index (χ1n) is 8.92. The van der Waals surface area contributed by atoms with Gasteiger partial charge in [-0.15, -0.1) is 22.7 Å². The van der Waals surface area contributed by atoms with E-state index >= 15 is 0 Å². The van der Waals surface area contributed by atoms with Gasteiger partial charge < -0.3 is 9.88 Å². The molecule has 0 spiro atoms.